The van der Waals surface area contributed by atoms with Crippen molar-refractivity contribution in [1.82, 2.24) is 9.91 Å². The van der Waals surface area contributed by atoms with Gasteiger partial charge in [-0.2, -0.15) is 5.10 Å². The number of carbonyl (C=O) groups is 2. The van der Waals surface area contributed by atoms with E-state index in [-0.39, 0.29) is 25.1 Å². The summed E-state index contributed by atoms with van der Waals surface area (Å²) in [6, 6.07) is 18.3. The summed E-state index contributed by atoms with van der Waals surface area (Å²) in [4.78, 5) is 27.9. The summed E-state index contributed by atoms with van der Waals surface area (Å²) in [5.41, 5.74) is 1.46. The van der Waals surface area contributed by atoms with Crippen molar-refractivity contribution >= 4 is 17.5 Å². The Balaban J connectivity index is 1.66. The smallest absolute Gasteiger partial charge is 0.262 e. The van der Waals surface area contributed by atoms with E-state index in [2.05, 4.69) is 5.10 Å². The number of hydrazone groups is 1. The first-order chi connectivity index (χ1) is 17.9. The summed E-state index contributed by atoms with van der Waals surface area (Å²) in [6.45, 7) is -0.195. The highest BCUT2D eigenvalue weighted by atomic mass is 19.1. The predicted molar refractivity (Wildman–Crippen MR) is 134 cm³/mol. The van der Waals surface area contributed by atoms with Crippen LogP contribution in [0.3, 0.4) is 0 Å². The molecule has 2 amide bonds. The van der Waals surface area contributed by atoms with Crippen LogP contribution in [0.25, 0.3) is 0 Å². The Kier molecular flexibility index (Phi) is 8.25. The van der Waals surface area contributed by atoms with Gasteiger partial charge in [-0.15, -0.1) is 0 Å². The van der Waals surface area contributed by atoms with Crippen molar-refractivity contribution in [3.63, 3.8) is 0 Å². The van der Waals surface area contributed by atoms with Crippen LogP contribution in [0.1, 0.15) is 33.9 Å². The van der Waals surface area contributed by atoms with Gasteiger partial charge in [0.25, 0.3) is 11.8 Å². The van der Waals surface area contributed by atoms with Gasteiger partial charge in [-0.1, -0.05) is 42.5 Å². The summed E-state index contributed by atoms with van der Waals surface area (Å²) < 4.78 is 39.6. The highest BCUT2D eigenvalue weighted by Gasteiger charge is 2.36. The molecule has 0 radical (unpaired) electrons. The molecule has 0 bridgehead atoms. The van der Waals surface area contributed by atoms with Gasteiger partial charge in [-0.3, -0.25) is 9.59 Å². The highest BCUT2D eigenvalue weighted by molar-refractivity contribution is 6.04. The summed E-state index contributed by atoms with van der Waals surface area (Å²) in [7, 11) is 3.02. The van der Waals surface area contributed by atoms with Gasteiger partial charge < -0.3 is 14.4 Å². The fourth-order valence-electron chi connectivity index (χ4n) is 4.20. The lowest BCUT2D eigenvalue weighted by Gasteiger charge is -2.27. The fourth-order valence-corrected chi connectivity index (χ4v) is 4.20. The third-order valence-corrected chi connectivity index (χ3v) is 6.12. The molecule has 192 valence electrons. The molecule has 0 fully saturated rings. The van der Waals surface area contributed by atoms with Crippen LogP contribution >= 0.6 is 0 Å². The third-order valence-electron chi connectivity index (χ3n) is 6.12. The van der Waals surface area contributed by atoms with E-state index in [1.54, 1.807) is 49.6 Å². The summed E-state index contributed by atoms with van der Waals surface area (Å²) in [5, 5.41) is 5.76. The monoisotopic (exact) mass is 507 g/mol. The Bertz CT molecular complexity index is 1310. The van der Waals surface area contributed by atoms with Crippen molar-refractivity contribution in [1.29, 1.82) is 0 Å². The quantitative estimate of drug-likeness (QED) is 0.429. The second-order valence-corrected chi connectivity index (χ2v) is 8.46. The number of nitrogens with zero attached hydrogens (tertiary/aromatic N) is 3. The molecular formula is C28H27F2N3O4. The van der Waals surface area contributed by atoms with Gasteiger partial charge in [-0.25, -0.2) is 13.8 Å². The summed E-state index contributed by atoms with van der Waals surface area (Å²) in [5.74, 6) is -1.72. The molecule has 0 spiro atoms. The van der Waals surface area contributed by atoms with E-state index >= 15 is 0 Å². The van der Waals surface area contributed by atoms with Crippen LogP contribution in [0, 0.1) is 11.6 Å². The first kappa shape index (κ1) is 26.0. The second-order valence-electron chi connectivity index (χ2n) is 8.46. The Morgan fingerprint density at radius 3 is 2.43 bits per heavy atom. The average Bonchev–Trinajstić information content (AvgIpc) is 3.36. The molecule has 37 heavy (non-hydrogen) atoms. The number of ether oxygens (including phenoxy) is 2. The maximum Gasteiger partial charge on any atom is 0.262 e. The van der Waals surface area contributed by atoms with Crippen molar-refractivity contribution in [3.8, 4) is 5.75 Å². The lowest BCUT2D eigenvalue weighted by molar-refractivity contribution is -0.133. The molecule has 3 aromatic rings. The maximum absolute atomic E-state index is 14.8. The summed E-state index contributed by atoms with van der Waals surface area (Å²) >= 11 is 0. The van der Waals surface area contributed by atoms with E-state index in [9.17, 15) is 18.4 Å². The van der Waals surface area contributed by atoms with Crippen molar-refractivity contribution in [2.45, 2.75) is 12.5 Å². The molecular weight excluding hydrogens is 480 g/mol. The fraction of sp³-hybridized carbons (Fsp3) is 0.250. The second kappa shape index (κ2) is 11.7. The zero-order valence-electron chi connectivity index (χ0n) is 20.6. The summed E-state index contributed by atoms with van der Waals surface area (Å²) in [6.07, 6.45) is 0.263. The van der Waals surface area contributed by atoms with Crippen LogP contribution in [0.4, 0.5) is 8.78 Å². The topological polar surface area (TPSA) is 71.4 Å². The number of hydrogen-bond donors (Lipinski definition) is 0. The van der Waals surface area contributed by atoms with E-state index in [0.29, 0.717) is 17.0 Å². The van der Waals surface area contributed by atoms with Crippen LogP contribution in [-0.2, 0) is 9.53 Å². The molecule has 1 heterocycles. The number of benzene rings is 3. The molecule has 4 rings (SSSR count). The van der Waals surface area contributed by atoms with Crippen LogP contribution in [0.5, 0.6) is 5.75 Å². The molecule has 0 saturated heterocycles. The van der Waals surface area contributed by atoms with Crippen LogP contribution < -0.4 is 4.74 Å². The zero-order valence-corrected chi connectivity index (χ0v) is 20.6. The molecule has 3 aromatic carbocycles. The molecule has 0 saturated carbocycles. The lowest BCUT2D eigenvalue weighted by Crippen LogP contribution is -2.43. The molecule has 1 aliphatic heterocycles. The molecule has 1 unspecified atom stereocenters. The first-order valence-corrected chi connectivity index (χ1v) is 11.7. The molecule has 9 heteroatoms. The van der Waals surface area contributed by atoms with E-state index < -0.39 is 36.0 Å². The van der Waals surface area contributed by atoms with Crippen molar-refractivity contribution in [2.75, 3.05) is 33.9 Å². The van der Waals surface area contributed by atoms with Gasteiger partial charge in [0.05, 0.1) is 31.0 Å². The molecule has 0 N–H and O–H groups in total. The van der Waals surface area contributed by atoms with Gasteiger partial charge in [0.2, 0.25) is 0 Å². The molecule has 0 aromatic heterocycles. The number of rotatable bonds is 9. The number of amides is 2. The Hall–Kier alpha value is -4.11. The van der Waals surface area contributed by atoms with Gasteiger partial charge in [0.1, 0.15) is 23.9 Å². The van der Waals surface area contributed by atoms with E-state index in [1.165, 1.54) is 41.3 Å². The number of halogens is 2. The number of hydrogen-bond acceptors (Lipinski definition) is 5. The SMILES string of the molecule is COCCN(CC(=O)N1N=C(c2cccc(OC)c2)CC1c1ccccc1F)C(=O)c1ccccc1F. The molecule has 7 nitrogen and oxygen atoms in total. The van der Waals surface area contributed by atoms with E-state index in [0.717, 1.165) is 5.56 Å². The Morgan fingerprint density at radius 1 is 1.00 bits per heavy atom. The molecule has 1 aliphatic rings. The van der Waals surface area contributed by atoms with Crippen molar-refractivity contribution < 1.29 is 27.8 Å². The largest absolute Gasteiger partial charge is 0.497 e. The van der Waals surface area contributed by atoms with Crippen LogP contribution in [0.2, 0.25) is 0 Å². The number of carbonyl (C=O) groups excluding carboxylic acids is 2. The minimum atomic E-state index is -0.720. The number of methoxy groups -OCH3 is 2. The van der Waals surface area contributed by atoms with E-state index in [4.69, 9.17) is 9.47 Å². The zero-order chi connectivity index (χ0) is 26.4. The standard InChI is InChI=1S/C28H27F2N3O4/c1-36-15-14-32(28(35)22-11-4-6-13-24(22)30)18-27(34)33-26(21-10-3-5-12-23(21)29)17-25(31-33)19-8-7-9-20(16-19)37-2/h3-13,16,26H,14-15,17-18H2,1-2H3. The highest BCUT2D eigenvalue weighted by Crippen LogP contribution is 2.34. The Labute approximate surface area is 213 Å². The van der Waals surface area contributed by atoms with Crippen LogP contribution in [-0.4, -0.2) is 61.4 Å². The van der Waals surface area contributed by atoms with Gasteiger partial charge >= 0.3 is 0 Å². The first-order valence-electron chi connectivity index (χ1n) is 11.7. The van der Waals surface area contributed by atoms with Crippen molar-refractivity contribution in [2.24, 2.45) is 5.10 Å². The van der Waals surface area contributed by atoms with Gasteiger partial charge in [0.15, 0.2) is 0 Å². The molecule has 1 atom stereocenters. The molecule has 0 aliphatic carbocycles. The lowest BCUT2D eigenvalue weighted by atomic mass is 9.98. The minimum Gasteiger partial charge on any atom is -0.497 e. The average molecular weight is 508 g/mol. The van der Waals surface area contributed by atoms with Gasteiger partial charge in [-0.05, 0) is 30.3 Å². The minimum absolute atomic E-state index is 0.0556. The third kappa shape index (κ3) is 5.83. The van der Waals surface area contributed by atoms with Gasteiger partial charge in [0, 0.05) is 31.2 Å². The van der Waals surface area contributed by atoms with Crippen molar-refractivity contribution in [3.05, 3.63) is 101 Å². The Morgan fingerprint density at radius 2 is 1.73 bits per heavy atom. The van der Waals surface area contributed by atoms with E-state index in [1.807, 2.05) is 6.07 Å². The van der Waals surface area contributed by atoms with Crippen LogP contribution in [0.15, 0.2) is 77.9 Å². The predicted octanol–water partition coefficient (Wildman–Crippen LogP) is 4.44. The maximum atomic E-state index is 14.8. The normalized spacial score (nSPS) is 14.9.